The standard InChI is InChI=1S/C10H10N2O4/c11-10-9(7-2-1-5-15-7)6(12-16-10)3-4-8(13)14/h1-2,5H,3-4,11H2,(H,13,14). The Labute approximate surface area is 90.6 Å². The van der Waals surface area contributed by atoms with Gasteiger partial charge in [-0.1, -0.05) is 5.16 Å². The topological polar surface area (TPSA) is 102 Å². The maximum atomic E-state index is 10.5. The lowest BCUT2D eigenvalue weighted by atomic mass is 10.1. The maximum Gasteiger partial charge on any atom is 0.303 e. The minimum absolute atomic E-state index is 0.0281. The summed E-state index contributed by atoms with van der Waals surface area (Å²) in [7, 11) is 0. The van der Waals surface area contributed by atoms with Crippen molar-refractivity contribution in [1.82, 2.24) is 5.16 Å². The fourth-order valence-corrected chi connectivity index (χ4v) is 1.42. The monoisotopic (exact) mass is 222 g/mol. The van der Waals surface area contributed by atoms with Gasteiger partial charge in [0.1, 0.15) is 11.3 Å². The van der Waals surface area contributed by atoms with Crippen molar-refractivity contribution in [2.24, 2.45) is 0 Å². The van der Waals surface area contributed by atoms with Crippen molar-refractivity contribution >= 4 is 11.9 Å². The molecule has 0 aliphatic carbocycles. The van der Waals surface area contributed by atoms with Crippen LogP contribution in [0, 0.1) is 0 Å². The molecule has 0 aliphatic rings. The molecule has 6 nitrogen and oxygen atoms in total. The number of aromatic nitrogens is 1. The van der Waals surface area contributed by atoms with E-state index in [1.807, 2.05) is 0 Å². The van der Waals surface area contributed by atoms with Gasteiger partial charge in [0.25, 0.3) is 0 Å². The molecule has 0 spiro atoms. The molecule has 3 N–H and O–H groups in total. The number of carbonyl (C=O) groups is 1. The van der Waals surface area contributed by atoms with E-state index < -0.39 is 5.97 Å². The van der Waals surface area contributed by atoms with Gasteiger partial charge in [0.2, 0.25) is 5.88 Å². The van der Waals surface area contributed by atoms with Crippen LogP contribution in [0.5, 0.6) is 0 Å². The van der Waals surface area contributed by atoms with E-state index in [0.717, 1.165) is 0 Å². The Balaban J connectivity index is 2.29. The maximum absolute atomic E-state index is 10.5. The second-order valence-corrected chi connectivity index (χ2v) is 3.24. The molecule has 0 radical (unpaired) electrons. The Bertz CT molecular complexity index is 487. The van der Waals surface area contributed by atoms with Crippen LogP contribution in [0.1, 0.15) is 12.1 Å². The Morgan fingerprint density at radius 3 is 3.00 bits per heavy atom. The molecule has 16 heavy (non-hydrogen) atoms. The van der Waals surface area contributed by atoms with E-state index in [2.05, 4.69) is 5.16 Å². The van der Waals surface area contributed by atoms with E-state index in [9.17, 15) is 4.79 Å². The first kappa shape index (κ1) is 10.3. The van der Waals surface area contributed by atoms with E-state index >= 15 is 0 Å². The Morgan fingerprint density at radius 1 is 1.56 bits per heavy atom. The summed E-state index contributed by atoms with van der Waals surface area (Å²) < 4.78 is 10.0. The van der Waals surface area contributed by atoms with Gasteiger partial charge < -0.3 is 19.8 Å². The molecule has 2 aromatic rings. The summed E-state index contributed by atoms with van der Waals surface area (Å²) in [6, 6.07) is 3.43. The highest BCUT2D eigenvalue weighted by molar-refractivity contribution is 5.72. The predicted molar refractivity (Wildman–Crippen MR) is 54.6 cm³/mol. The molecule has 0 amide bonds. The lowest BCUT2D eigenvalue weighted by Gasteiger charge is -1.96. The van der Waals surface area contributed by atoms with E-state index in [1.54, 1.807) is 12.1 Å². The van der Waals surface area contributed by atoms with Crippen molar-refractivity contribution < 1.29 is 18.8 Å². The second-order valence-electron chi connectivity index (χ2n) is 3.24. The number of nitrogens with zero attached hydrogens (tertiary/aromatic N) is 1. The molecule has 6 heteroatoms. The van der Waals surface area contributed by atoms with Gasteiger partial charge in [0, 0.05) is 6.42 Å². The number of carboxylic acids is 1. The summed E-state index contributed by atoms with van der Waals surface area (Å²) in [5, 5.41) is 12.3. The molecule has 2 rings (SSSR count). The van der Waals surface area contributed by atoms with Gasteiger partial charge in [-0.25, -0.2) is 0 Å². The molecule has 0 atom stereocenters. The highest BCUT2D eigenvalue weighted by Gasteiger charge is 2.18. The number of hydrogen-bond donors (Lipinski definition) is 2. The number of aryl methyl sites for hydroxylation is 1. The van der Waals surface area contributed by atoms with E-state index in [1.165, 1.54) is 6.26 Å². The van der Waals surface area contributed by atoms with Crippen molar-refractivity contribution in [3.8, 4) is 11.3 Å². The molecule has 0 fully saturated rings. The minimum atomic E-state index is -0.896. The SMILES string of the molecule is Nc1onc(CCC(=O)O)c1-c1ccco1. The fraction of sp³-hybridized carbons (Fsp3) is 0.200. The van der Waals surface area contributed by atoms with Crippen LogP contribution in [-0.4, -0.2) is 16.2 Å². The highest BCUT2D eigenvalue weighted by Crippen LogP contribution is 2.30. The highest BCUT2D eigenvalue weighted by atomic mass is 16.5. The van der Waals surface area contributed by atoms with Crippen molar-refractivity contribution in [1.29, 1.82) is 0 Å². The van der Waals surface area contributed by atoms with Gasteiger partial charge in [-0.15, -0.1) is 0 Å². The molecule has 84 valence electrons. The Hall–Kier alpha value is -2.24. The first-order chi connectivity index (χ1) is 7.68. The number of nitrogen functional groups attached to an aromatic ring is 1. The summed E-state index contributed by atoms with van der Waals surface area (Å²) >= 11 is 0. The second kappa shape index (κ2) is 4.09. The average Bonchev–Trinajstić information content (AvgIpc) is 2.83. The summed E-state index contributed by atoms with van der Waals surface area (Å²) in [6.07, 6.45) is 1.73. The summed E-state index contributed by atoms with van der Waals surface area (Å²) in [5.41, 5.74) is 6.63. The number of aliphatic carboxylic acids is 1. The van der Waals surface area contributed by atoms with Crippen molar-refractivity contribution in [3.63, 3.8) is 0 Å². The lowest BCUT2D eigenvalue weighted by Crippen LogP contribution is -1.99. The molecule has 2 heterocycles. The van der Waals surface area contributed by atoms with Gasteiger partial charge in [-0.05, 0) is 12.1 Å². The van der Waals surface area contributed by atoms with E-state index in [-0.39, 0.29) is 18.7 Å². The van der Waals surface area contributed by atoms with Crippen molar-refractivity contribution in [2.45, 2.75) is 12.8 Å². The predicted octanol–water partition coefficient (Wildman–Crippen LogP) is 1.53. The van der Waals surface area contributed by atoms with Gasteiger partial charge in [0.05, 0.1) is 18.4 Å². The third kappa shape index (κ3) is 1.90. The molecule has 0 aromatic carbocycles. The van der Waals surface area contributed by atoms with Crippen LogP contribution < -0.4 is 5.73 Å². The Morgan fingerprint density at radius 2 is 2.38 bits per heavy atom. The van der Waals surface area contributed by atoms with Crippen molar-refractivity contribution in [2.75, 3.05) is 5.73 Å². The number of nitrogens with two attached hydrogens (primary N) is 1. The van der Waals surface area contributed by atoms with Crippen LogP contribution in [0.4, 0.5) is 5.88 Å². The average molecular weight is 222 g/mol. The van der Waals surface area contributed by atoms with Crippen LogP contribution in [0.2, 0.25) is 0 Å². The zero-order valence-corrected chi connectivity index (χ0v) is 8.34. The van der Waals surface area contributed by atoms with Gasteiger partial charge >= 0.3 is 5.97 Å². The fourth-order valence-electron chi connectivity index (χ4n) is 1.42. The van der Waals surface area contributed by atoms with Crippen LogP contribution in [0.3, 0.4) is 0 Å². The molecule has 0 saturated heterocycles. The van der Waals surface area contributed by atoms with Crippen molar-refractivity contribution in [3.05, 3.63) is 24.1 Å². The summed E-state index contributed by atoms with van der Waals surface area (Å²) in [6.45, 7) is 0. The zero-order chi connectivity index (χ0) is 11.5. The molecule has 0 unspecified atom stereocenters. The van der Waals surface area contributed by atoms with Crippen LogP contribution in [0.25, 0.3) is 11.3 Å². The van der Waals surface area contributed by atoms with Crippen LogP contribution in [-0.2, 0) is 11.2 Å². The zero-order valence-electron chi connectivity index (χ0n) is 8.34. The third-order valence-electron chi connectivity index (χ3n) is 2.13. The molecule has 2 aromatic heterocycles. The first-order valence-corrected chi connectivity index (χ1v) is 4.68. The third-order valence-corrected chi connectivity index (χ3v) is 2.13. The summed E-state index contributed by atoms with van der Waals surface area (Å²) in [4.78, 5) is 10.5. The number of anilines is 1. The number of carboxylic acid groups (broad SMARTS) is 1. The number of furan rings is 1. The molecular formula is C10H10N2O4. The van der Waals surface area contributed by atoms with Crippen LogP contribution >= 0.6 is 0 Å². The molecule has 0 aliphatic heterocycles. The number of hydrogen-bond acceptors (Lipinski definition) is 5. The number of rotatable bonds is 4. The van der Waals surface area contributed by atoms with E-state index in [0.29, 0.717) is 17.0 Å². The smallest absolute Gasteiger partial charge is 0.303 e. The van der Waals surface area contributed by atoms with E-state index in [4.69, 9.17) is 19.8 Å². The van der Waals surface area contributed by atoms with Gasteiger partial charge in [-0.3, -0.25) is 4.79 Å². The molecular weight excluding hydrogens is 212 g/mol. The Kier molecular flexibility index (Phi) is 2.63. The summed E-state index contributed by atoms with van der Waals surface area (Å²) in [5.74, 6) is -0.235. The molecule has 0 bridgehead atoms. The normalized spacial score (nSPS) is 10.5. The molecule has 0 saturated carbocycles. The lowest BCUT2D eigenvalue weighted by molar-refractivity contribution is -0.136. The van der Waals surface area contributed by atoms with Gasteiger partial charge in [-0.2, -0.15) is 0 Å². The minimum Gasteiger partial charge on any atom is -0.481 e. The van der Waals surface area contributed by atoms with Gasteiger partial charge in [0.15, 0.2) is 0 Å². The van der Waals surface area contributed by atoms with Crippen LogP contribution in [0.15, 0.2) is 27.3 Å². The largest absolute Gasteiger partial charge is 0.481 e. The quantitative estimate of drug-likeness (QED) is 0.813. The first-order valence-electron chi connectivity index (χ1n) is 4.68.